The second kappa shape index (κ2) is 18.9. The van der Waals surface area contributed by atoms with Crippen molar-refractivity contribution in [3.8, 4) is 28.3 Å². The number of halogens is 5. The summed E-state index contributed by atoms with van der Waals surface area (Å²) in [4.78, 5) is 13.8. The molecule has 11 nitrogen and oxygen atoms in total. The molecule has 59 heavy (non-hydrogen) atoms. The Bertz CT molecular complexity index is 2670. The maximum absolute atomic E-state index is 13.0. The Hall–Kier alpha value is -3.00. The summed E-state index contributed by atoms with van der Waals surface area (Å²) < 4.78 is 61.1. The molecule has 0 aliphatic carbocycles. The molecule has 0 N–H and O–H groups in total. The summed E-state index contributed by atoms with van der Waals surface area (Å²) in [5, 5.41) is 6.80. The summed E-state index contributed by atoms with van der Waals surface area (Å²) in [5.41, 5.74) is 3.80. The van der Waals surface area contributed by atoms with Gasteiger partial charge in [-0.2, -0.15) is 8.61 Å². The molecule has 2 saturated heterocycles. The van der Waals surface area contributed by atoms with E-state index in [1.807, 2.05) is 59.3 Å². The smallest absolute Gasteiger partial charge is 0.244 e. The van der Waals surface area contributed by atoms with Gasteiger partial charge >= 0.3 is 0 Å². The van der Waals surface area contributed by atoms with Crippen molar-refractivity contribution >= 4 is 115 Å². The third-order valence-electron chi connectivity index (χ3n) is 9.51. The Balaban J connectivity index is 0.000000179. The van der Waals surface area contributed by atoms with E-state index in [0.717, 1.165) is 43.0 Å². The van der Waals surface area contributed by atoms with Gasteiger partial charge in [0.15, 0.2) is 10.3 Å². The average molecular weight is 1020 g/mol. The van der Waals surface area contributed by atoms with Crippen LogP contribution in [0.15, 0.2) is 110 Å². The first-order valence-electron chi connectivity index (χ1n) is 17.9. The van der Waals surface area contributed by atoms with Crippen LogP contribution in [0.4, 0.5) is 10.3 Å². The van der Waals surface area contributed by atoms with E-state index in [9.17, 15) is 16.8 Å². The first-order chi connectivity index (χ1) is 28.2. The molecule has 0 radical (unpaired) electrons. The number of ether oxygens (including phenoxy) is 1. The standard InChI is InChI=1S/C20H19Cl2N3O3S2.C19H16BrCl2N3O2S2/c1-28-16-4-2-3-14(11-16)18-13-29-20(23-18)24-7-9-25(10-8-24)30(26,27)19-12-15(21)5-6-17(19)22;20-14-3-1-2-13(10-14)17-12-28-19(23-17)24-6-8-25(9-7-24)29(26,27)18-11-15(21)4-5-16(18)22/h2-6,11-13H,7-10H2,1H3;1-5,10-12H,6-9H2. The summed E-state index contributed by atoms with van der Waals surface area (Å²) >= 11 is 30.7. The van der Waals surface area contributed by atoms with Crippen LogP contribution in [0.2, 0.25) is 20.1 Å². The number of anilines is 2. The van der Waals surface area contributed by atoms with Crippen LogP contribution in [-0.2, 0) is 20.0 Å². The molecule has 2 aliphatic rings. The lowest BCUT2D eigenvalue weighted by Gasteiger charge is -2.34. The summed E-state index contributed by atoms with van der Waals surface area (Å²) in [7, 11) is -5.77. The topological polar surface area (TPSA) is 116 Å². The van der Waals surface area contributed by atoms with Crippen LogP contribution >= 0.6 is 85.0 Å². The Morgan fingerprint density at radius 2 is 1.03 bits per heavy atom. The number of aromatic nitrogens is 2. The third kappa shape index (κ3) is 10.2. The predicted molar refractivity (Wildman–Crippen MR) is 244 cm³/mol. The molecule has 310 valence electrons. The molecular formula is C39H35BrCl4N6O5S4. The largest absolute Gasteiger partial charge is 0.497 e. The van der Waals surface area contributed by atoms with Crippen LogP contribution in [0.5, 0.6) is 5.75 Å². The molecule has 2 fully saturated rings. The molecule has 6 aromatic rings. The van der Waals surface area contributed by atoms with Crippen LogP contribution in [0.1, 0.15) is 0 Å². The van der Waals surface area contributed by atoms with E-state index in [1.165, 1.54) is 32.9 Å². The van der Waals surface area contributed by atoms with E-state index >= 15 is 0 Å². The van der Waals surface area contributed by atoms with Crippen molar-refractivity contribution in [2.75, 3.05) is 69.3 Å². The van der Waals surface area contributed by atoms with Gasteiger partial charge in [0, 0.05) is 88.8 Å². The lowest BCUT2D eigenvalue weighted by atomic mass is 10.2. The van der Waals surface area contributed by atoms with E-state index < -0.39 is 20.0 Å². The number of sulfonamides is 2. The highest BCUT2D eigenvalue weighted by Gasteiger charge is 2.32. The Morgan fingerprint density at radius 1 is 0.593 bits per heavy atom. The Labute approximate surface area is 379 Å². The van der Waals surface area contributed by atoms with Gasteiger partial charge in [0.1, 0.15) is 15.5 Å². The van der Waals surface area contributed by atoms with Crippen molar-refractivity contribution in [3.63, 3.8) is 0 Å². The number of methoxy groups -OCH3 is 1. The van der Waals surface area contributed by atoms with Crippen LogP contribution < -0.4 is 14.5 Å². The molecule has 2 aliphatic heterocycles. The Morgan fingerprint density at radius 3 is 1.47 bits per heavy atom. The average Bonchev–Trinajstić information content (AvgIpc) is 3.95. The summed E-state index contributed by atoms with van der Waals surface area (Å²) in [6.07, 6.45) is 0. The summed E-state index contributed by atoms with van der Waals surface area (Å²) in [5.74, 6) is 0.778. The van der Waals surface area contributed by atoms with Gasteiger partial charge in [0.25, 0.3) is 0 Å². The van der Waals surface area contributed by atoms with Gasteiger partial charge in [-0.15, -0.1) is 22.7 Å². The molecule has 8 rings (SSSR count). The monoisotopic (exact) mass is 1010 g/mol. The number of benzene rings is 4. The highest BCUT2D eigenvalue weighted by atomic mass is 79.9. The Kier molecular flexibility index (Phi) is 14.2. The number of hydrogen-bond acceptors (Lipinski definition) is 11. The zero-order valence-corrected chi connectivity index (χ0v) is 39.0. The minimum Gasteiger partial charge on any atom is -0.497 e. The first kappa shape index (κ1) is 44.1. The fraction of sp³-hybridized carbons (Fsp3) is 0.231. The van der Waals surface area contributed by atoms with Crippen molar-refractivity contribution in [3.05, 3.63) is 120 Å². The van der Waals surface area contributed by atoms with Gasteiger partial charge < -0.3 is 14.5 Å². The third-order valence-corrected chi connectivity index (χ3v) is 17.0. The highest BCUT2D eigenvalue weighted by molar-refractivity contribution is 9.10. The van der Waals surface area contributed by atoms with Gasteiger partial charge in [-0.3, -0.25) is 0 Å². The van der Waals surface area contributed by atoms with Gasteiger partial charge in [-0.1, -0.05) is 86.6 Å². The van der Waals surface area contributed by atoms with Crippen LogP contribution in [0, 0.1) is 0 Å². The van der Waals surface area contributed by atoms with E-state index in [0.29, 0.717) is 62.4 Å². The van der Waals surface area contributed by atoms with Crippen molar-refractivity contribution in [1.82, 2.24) is 18.6 Å². The van der Waals surface area contributed by atoms with E-state index in [-0.39, 0.29) is 19.8 Å². The maximum atomic E-state index is 13.0. The zero-order chi connectivity index (χ0) is 41.9. The second-order valence-corrected chi connectivity index (χ2v) is 21.3. The summed E-state index contributed by atoms with van der Waals surface area (Å²) in [6, 6.07) is 24.7. The molecule has 0 bridgehead atoms. The van der Waals surface area contributed by atoms with Crippen LogP contribution in [-0.4, -0.2) is 94.9 Å². The fourth-order valence-electron chi connectivity index (χ4n) is 6.38. The number of rotatable bonds is 9. The molecular weight excluding hydrogens is 982 g/mol. The normalized spacial score (nSPS) is 15.5. The van der Waals surface area contributed by atoms with Crippen molar-refractivity contribution < 1.29 is 21.6 Å². The van der Waals surface area contributed by atoms with Crippen molar-refractivity contribution in [2.45, 2.75) is 9.79 Å². The molecule has 0 spiro atoms. The summed E-state index contributed by atoms with van der Waals surface area (Å²) in [6.45, 7) is 3.61. The second-order valence-electron chi connectivity index (χ2n) is 13.2. The lowest BCUT2D eigenvalue weighted by molar-refractivity contribution is 0.384. The predicted octanol–water partition coefficient (Wildman–Crippen LogP) is 10.0. The van der Waals surface area contributed by atoms with Gasteiger partial charge in [-0.05, 0) is 60.7 Å². The van der Waals surface area contributed by atoms with Crippen molar-refractivity contribution in [2.24, 2.45) is 0 Å². The zero-order valence-electron chi connectivity index (χ0n) is 31.1. The molecule has 4 aromatic carbocycles. The molecule has 0 atom stereocenters. The number of piperazine rings is 2. The van der Waals surface area contributed by atoms with Gasteiger partial charge in [0.2, 0.25) is 20.0 Å². The fourth-order valence-corrected chi connectivity index (χ4v) is 12.9. The lowest BCUT2D eigenvalue weighted by Crippen LogP contribution is -2.48. The van der Waals surface area contributed by atoms with Gasteiger partial charge in [0.05, 0.1) is 28.5 Å². The first-order valence-corrected chi connectivity index (χ1v) is 24.9. The molecule has 2 aromatic heterocycles. The van der Waals surface area contributed by atoms with E-state index in [4.69, 9.17) is 61.1 Å². The number of nitrogens with zero attached hydrogens (tertiary/aromatic N) is 6. The van der Waals surface area contributed by atoms with E-state index in [1.54, 1.807) is 41.9 Å². The molecule has 4 heterocycles. The maximum Gasteiger partial charge on any atom is 0.244 e. The minimum atomic E-state index is -3.71. The molecule has 0 amide bonds. The SMILES string of the molecule is COc1cccc(-c2csc(N3CCN(S(=O)(=O)c4cc(Cl)ccc4Cl)CC3)n2)c1.O=S(=O)(c1cc(Cl)ccc1Cl)N1CCN(c2nc(-c3cccc(Br)c3)cs2)CC1. The van der Waals surface area contributed by atoms with E-state index in [2.05, 4.69) is 25.7 Å². The molecule has 0 saturated carbocycles. The highest BCUT2D eigenvalue weighted by Crippen LogP contribution is 2.34. The van der Waals surface area contributed by atoms with Crippen LogP contribution in [0.3, 0.4) is 0 Å². The van der Waals surface area contributed by atoms with Crippen molar-refractivity contribution in [1.29, 1.82) is 0 Å². The van der Waals surface area contributed by atoms with Crippen LogP contribution in [0.25, 0.3) is 22.5 Å². The molecule has 0 unspecified atom stereocenters. The number of hydrogen-bond donors (Lipinski definition) is 0. The van der Waals surface area contributed by atoms with Gasteiger partial charge in [-0.25, -0.2) is 26.8 Å². The quantitative estimate of drug-likeness (QED) is 0.140. The minimum absolute atomic E-state index is 0.0414. The number of thiazole rings is 2. The molecule has 20 heteroatoms.